The van der Waals surface area contributed by atoms with Crippen molar-refractivity contribution < 1.29 is 9.53 Å². The smallest absolute Gasteiger partial charge is 0.305 e. The quantitative estimate of drug-likeness (QED) is 0.678. The Balaban J connectivity index is 2.63. The molecule has 4 heteroatoms. The zero-order chi connectivity index (χ0) is 10.6. The zero-order valence-corrected chi connectivity index (χ0v) is 8.70. The molecule has 0 bridgehead atoms. The minimum Gasteiger partial charge on any atom is -0.469 e. The zero-order valence-electron chi connectivity index (χ0n) is 8.70. The number of hydrogen-bond donors (Lipinski definition) is 0. The number of rotatable bonds is 3. The highest BCUT2D eigenvalue weighted by Crippen LogP contribution is 2.02. The van der Waals surface area contributed by atoms with Crippen molar-refractivity contribution in [3.63, 3.8) is 0 Å². The summed E-state index contributed by atoms with van der Waals surface area (Å²) < 4.78 is 4.54. The molecule has 0 aliphatic heterocycles. The molecule has 0 saturated heterocycles. The molecule has 0 atom stereocenters. The van der Waals surface area contributed by atoms with Crippen LogP contribution in [0.1, 0.15) is 23.6 Å². The third kappa shape index (κ3) is 3.12. The maximum absolute atomic E-state index is 10.9. The Morgan fingerprint density at radius 2 is 1.93 bits per heavy atom. The van der Waals surface area contributed by atoms with Crippen LogP contribution in [0.3, 0.4) is 0 Å². The van der Waals surface area contributed by atoms with Gasteiger partial charge in [-0.1, -0.05) is 0 Å². The van der Waals surface area contributed by atoms with E-state index in [1.165, 1.54) is 7.11 Å². The Morgan fingerprint density at radius 1 is 1.36 bits per heavy atom. The van der Waals surface area contributed by atoms with Gasteiger partial charge in [-0.05, 0) is 19.9 Å². The van der Waals surface area contributed by atoms with Gasteiger partial charge in [0.25, 0.3) is 0 Å². The first-order valence-electron chi connectivity index (χ1n) is 4.50. The monoisotopic (exact) mass is 194 g/mol. The highest BCUT2D eigenvalue weighted by molar-refractivity contribution is 5.69. The van der Waals surface area contributed by atoms with E-state index in [2.05, 4.69) is 14.7 Å². The lowest BCUT2D eigenvalue weighted by Crippen LogP contribution is -2.05. The minimum absolute atomic E-state index is 0.229. The van der Waals surface area contributed by atoms with Crippen LogP contribution in [0.2, 0.25) is 0 Å². The third-order valence-corrected chi connectivity index (χ3v) is 1.81. The van der Waals surface area contributed by atoms with Crippen molar-refractivity contribution in [2.75, 3.05) is 7.11 Å². The minimum atomic E-state index is -0.229. The topological polar surface area (TPSA) is 52.1 Å². The summed E-state index contributed by atoms with van der Waals surface area (Å²) in [7, 11) is 1.38. The molecule has 1 heterocycles. The first-order valence-corrected chi connectivity index (χ1v) is 4.50. The molecule has 0 N–H and O–H groups in total. The molecule has 0 unspecified atom stereocenters. The van der Waals surface area contributed by atoms with E-state index in [1.807, 2.05) is 19.9 Å². The van der Waals surface area contributed by atoms with Crippen molar-refractivity contribution in [2.24, 2.45) is 0 Å². The summed E-state index contributed by atoms with van der Waals surface area (Å²) in [4.78, 5) is 19.3. The van der Waals surface area contributed by atoms with Gasteiger partial charge in [-0.25, -0.2) is 9.97 Å². The lowest BCUT2D eigenvalue weighted by atomic mass is 10.2. The highest BCUT2D eigenvalue weighted by atomic mass is 16.5. The van der Waals surface area contributed by atoms with Crippen LogP contribution in [0.15, 0.2) is 6.07 Å². The highest BCUT2D eigenvalue weighted by Gasteiger charge is 2.04. The number of aromatic nitrogens is 2. The molecule has 0 amide bonds. The average molecular weight is 194 g/mol. The molecule has 0 aliphatic carbocycles. The molecule has 76 valence electrons. The number of hydrogen-bond acceptors (Lipinski definition) is 4. The summed E-state index contributed by atoms with van der Waals surface area (Å²) in [6.45, 7) is 3.83. The van der Waals surface area contributed by atoms with Crippen LogP contribution < -0.4 is 0 Å². The van der Waals surface area contributed by atoms with E-state index >= 15 is 0 Å². The van der Waals surface area contributed by atoms with E-state index < -0.39 is 0 Å². The van der Waals surface area contributed by atoms with E-state index in [9.17, 15) is 4.79 Å². The molecule has 0 aromatic carbocycles. The predicted molar refractivity (Wildman–Crippen MR) is 51.8 cm³/mol. The standard InChI is InChI=1S/C10H14N2O2/c1-7-6-8(2)12-9(11-7)4-5-10(13)14-3/h6H,4-5H2,1-3H3. The molecule has 0 spiro atoms. The van der Waals surface area contributed by atoms with Crippen LogP contribution >= 0.6 is 0 Å². The van der Waals surface area contributed by atoms with Crippen LogP contribution in [0, 0.1) is 13.8 Å². The van der Waals surface area contributed by atoms with Gasteiger partial charge in [-0.3, -0.25) is 4.79 Å². The van der Waals surface area contributed by atoms with Gasteiger partial charge in [0.1, 0.15) is 5.82 Å². The molecule has 1 rings (SSSR count). The van der Waals surface area contributed by atoms with E-state index in [-0.39, 0.29) is 5.97 Å². The largest absolute Gasteiger partial charge is 0.469 e. The number of esters is 1. The molecule has 0 saturated carbocycles. The van der Waals surface area contributed by atoms with Gasteiger partial charge in [0, 0.05) is 17.8 Å². The van der Waals surface area contributed by atoms with E-state index in [0.717, 1.165) is 11.4 Å². The Hall–Kier alpha value is -1.45. The Bertz CT molecular complexity index is 317. The van der Waals surface area contributed by atoms with Gasteiger partial charge in [0.15, 0.2) is 0 Å². The van der Waals surface area contributed by atoms with Gasteiger partial charge in [-0.15, -0.1) is 0 Å². The summed E-state index contributed by atoms with van der Waals surface area (Å²) >= 11 is 0. The number of aryl methyl sites for hydroxylation is 3. The average Bonchev–Trinajstić information content (AvgIpc) is 2.12. The predicted octanol–water partition coefficient (Wildman–Crippen LogP) is 1.20. The second kappa shape index (κ2) is 4.69. The van der Waals surface area contributed by atoms with Crippen LogP contribution in [0.25, 0.3) is 0 Å². The van der Waals surface area contributed by atoms with Gasteiger partial charge in [0.2, 0.25) is 0 Å². The van der Waals surface area contributed by atoms with Gasteiger partial charge < -0.3 is 4.74 Å². The first kappa shape index (κ1) is 10.6. The molecule has 0 radical (unpaired) electrons. The van der Waals surface area contributed by atoms with Crippen LogP contribution in [0.5, 0.6) is 0 Å². The Kier molecular flexibility index (Phi) is 3.56. The number of carbonyl (C=O) groups excluding carboxylic acids is 1. The summed E-state index contributed by atoms with van der Waals surface area (Å²) in [5.74, 6) is 0.473. The fourth-order valence-electron chi connectivity index (χ4n) is 1.23. The Labute approximate surface area is 83.3 Å². The molecule has 0 fully saturated rings. The van der Waals surface area contributed by atoms with Crippen molar-refractivity contribution in [2.45, 2.75) is 26.7 Å². The lowest BCUT2D eigenvalue weighted by Gasteiger charge is -2.02. The van der Waals surface area contributed by atoms with Crippen molar-refractivity contribution in [1.29, 1.82) is 0 Å². The number of methoxy groups -OCH3 is 1. The fourth-order valence-corrected chi connectivity index (χ4v) is 1.23. The molecular weight excluding hydrogens is 180 g/mol. The van der Waals surface area contributed by atoms with Gasteiger partial charge in [-0.2, -0.15) is 0 Å². The van der Waals surface area contributed by atoms with E-state index in [1.54, 1.807) is 0 Å². The normalized spacial score (nSPS) is 9.93. The molecular formula is C10H14N2O2. The first-order chi connectivity index (χ1) is 6.61. The second-order valence-electron chi connectivity index (χ2n) is 3.14. The molecule has 14 heavy (non-hydrogen) atoms. The molecule has 4 nitrogen and oxygen atoms in total. The maximum Gasteiger partial charge on any atom is 0.305 e. The number of ether oxygens (including phenoxy) is 1. The van der Waals surface area contributed by atoms with Crippen molar-refractivity contribution >= 4 is 5.97 Å². The SMILES string of the molecule is COC(=O)CCc1nc(C)cc(C)n1. The van der Waals surface area contributed by atoms with Gasteiger partial charge >= 0.3 is 5.97 Å². The van der Waals surface area contributed by atoms with Crippen molar-refractivity contribution in [1.82, 2.24) is 9.97 Å². The molecule has 0 aliphatic rings. The summed E-state index contributed by atoms with van der Waals surface area (Å²) in [6, 6.07) is 1.90. The summed E-state index contributed by atoms with van der Waals surface area (Å²) in [5.41, 5.74) is 1.86. The third-order valence-electron chi connectivity index (χ3n) is 1.81. The van der Waals surface area contributed by atoms with Crippen molar-refractivity contribution in [3.8, 4) is 0 Å². The second-order valence-corrected chi connectivity index (χ2v) is 3.14. The van der Waals surface area contributed by atoms with E-state index in [4.69, 9.17) is 0 Å². The number of carbonyl (C=O) groups is 1. The van der Waals surface area contributed by atoms with E-state index in [0.29, 0.717) is 18.7 Å². The number of nitrogens with zero attached hydrogens (tertiary/aromatic N) is 2. The molecule has 1 aromatic rings. The fraction of sp³-hybridized carbons (Fsp3) is 0.500. The van der Waals surface area contributed by atoms with Crippen LogP contribution in [-0.2, 0) is 16.0 Å². The summed E-state index contributed by atoms with van der Waals surface area (Å²) in [6.07, 6.45) is 0.870. The summed E-state index contributed by atoms with van der Waals surface area (Å²) in [5, 5.41) is 0. The lowest BCUT2D eigenvalue weighted by molar-refractivity contribution is -0.140. The molecule has 1 aromatic heterocycles. The van der Waals surface area contributed by atoms with Gasteiger partial charge in [0.05, 0.1) is 13.5 Å². The van der Waals surface area contributed by atoms with Crippen LogP contribution in [-0.4, -0.2) is 23.0 Å². The van der Waals surface area contributed by atoms with Crippen LogP contribution in [0.4, 0.5) is 0 Å². The van der Waals surface area contributed by atoms with Crippen molar-refractivity contribution in [3.05, 3.63) is 23.3 Å². The Morgan fingerprint density at radius 3 is 2.43 bits per heavy atom. The maximum atomic E-state index is 10.9.